The van der Waals surface area contributed by atoms with E-state index in [2.05, 4.69) is 27.0 Å². The number of benzene rings is 1. The lowest BCUT2D eigenvalue weighted by Crippen LogP contribution is -2.18. The first-order chi connectivity index (χ1) is 10.2. The summed E-state index contributed by atoms with van der Waals surface area (Å²) in [6, 6.07) is 10.3. The molecular weight excluding hydrogens is 262 g/mol. The average Bonchev–Trinajstić information content (AvgIpc) is 2.89. The van der Waals surface area contributed by atoms with Crippen molar-refractivity contribution < 1.29 is 0 Å². The van der Waals surface area contributed by atoms with Gasteiger partial charge in [-0.3, -0.25) is 0 Å². The minimum Gasteiger partial charge on any atom is -0.353 e. The van der Waals surface area contributed by atoms with Gasteiger partial charge in [-0.2, -0.15) is 0 Å². The molecule has 108 valence electrons. The first kappa shape index (κ1) is 13.6. The van der Waals surface area contributed by atoms with E-state index in [-0.39, 0.29) is 0 Å². The monoisotopic (exact) mass is 281 g/mol. The van der Waals surface area contributed by atoms with Gasteiger partial charge in [0.1, 0.15) is 5.52 Å². The maximum atomic E-state index is 5.70. The van der Waals surface area contributed by atoms with E-state index < -0.39 is 0 Å². The predicted molar refractivity (Wildman–Crippen MR) is 84.9 cm³/mol. The minimum atomic E-state index is 0.561. The van der Waals surface area contributed by atoms with Gasteiger partial charge in [0.25, 0.3) is 0 Å². The Morgan fingerprint density at radius 1 is 1.19 bits per heavy atom. The van der Waals surface area contributed by atoms with Crippen LogP contribution in [0.2, 0.25) is 0 Å². The second kappa shape index (κ2) is 5.54. The number of nitrogens with two attached hydrogens (primary N) is 1. The van der Waals surface area contributed by atoms with E-state index in [9.17, 15) is 0 Å². The Kier molecular flexibility index (Phi) is 3.58. The number of rotatable bonds is 4. The minimum absolute atomic E-state index is 0.561. The summed E-state index contributed by atoms with van der Waals surface area (Å²) in [5.74, 6) is 0.895. The Hall–Kier alpha value is -2.40. The van der Waals surface area contributed by atoms with Crippen molar-refractivity contribution in [2.75, 3.05) is 11.9 Å². The largest absolute Gasteiger partial charge is 0.353 e. The van der Waals surface area contributed by atoms with Gasteiger partial charge in [0, 0.05) is 33.4 Å². The SMILES string of the molecule is CN(Cc1cccc(CN)c1)c1nccc2c1ncn2C. The van der Waals surface area contributed by atoms with Crippen molar-refractivity contribution in [2.45, 2.75) is 13.1 Å². The Morgan fingerprint density at radius 2 is 2.00 bits per heavy atom. The molecule has 0 spiro atoms. The van der Waals surface area contributed by atoms with E-state index in [0.29, 0.717) is 6.54 Å². The van der Waals surface area contributed by atoms with Crippen LogP contribution in [0.15, 0.2) is 42.9 Å². The third-order valence-electron chi connectivity index (χ3n) is 3.63. The number of imidazole rings is 1. The quantitative estimate of drug-likeness (QED) is 0.795. The van der Waals surface area contributed by atoms with Gasteiger partial charge in [0.15, 0.2) is 5.82 Å². The lowest BCUT2D eigenvalue weighted by molar-refractivity contribution is 0.898. The third-order valence-corrected chi connectivity index (χ3v) is 3.63. The van der Waals surface area contributed by atoms with Crippen LogP contribution in [-0.2, 0) is 20.1 Å². The van der Waals surface area contributed by atoms with Crippen LogP contribution in [0.1, 0.15) is 11.1 Å². The molecule has 2 aromatic heterocycles. The molecule has 3 aromatic rings. The molecule has 0 bridgehead atoms. The number of hydrogen-bond acceptors (Lipinski definition) is 4. The van der Waals surface area contributed by atoms with Crippen LogP contribution in [0.3, 0.4) is 0 Å². The molecule has 0 aliphatic carbocycles. The van der Waals surface area contributed by atoms with Crippen LogP contribution >= 0.6 is 0 Å². The zero-order valence-electron chi connectivity index (χ0n) is 12.3. The molecule has 2 heterocycles. The van der Waals surface area contributed by atoms with Crippen molar-refractivity contribution in [3.8, 4) is 0 Å². The van der Waals surface area contributed by atoms with Crippen molar-refractivity contribution in [3.63, 3.8) is 0 Å². The van der Waals surface area contributed by atoms with Gasteiger partial charge in [-0.15, -0.1) is 0 Å². The molecule has 5 heteroatoms. The fraction of sp³-hybridized carbons (Fsp3) is 0.250. The lowest BCUT2D eigenvalue weighted by Gasteiger charge is -2.19. The summed E-state index contributed by atoms with van der Waals surface area (Å²) in [7, 11) is 4.02. The molecule has 21 heavy (non-hydrogen) atoms. The molecule has 0 saturated carbocycles. The van der Waals surface area contributed by atoms with Crippen LogP contribution in [0.4, 0.5) is 5.82 Å². The summed E-state index contributed by atoms with van der Waals surface area (Å²) in [4.78, 5) is 11.1. The summed E-state index contributed by atoms with van der Waals surface area (Å²) in [6.45, 7) is 1.34. The number of aryl methyl sites for hydroxylation is 1. The van der Waals surface area contributed by atoms with Gasteiger partial charge >= 0.3 is 0 Å². The van der Waals surface area contributed by atoms with Gasteiger partial charge in [0.2, 0.25) is 0 Å². The predicted octanol–water partition coefficient (Wildman–Crippen LogP) is 2.06. The van der Waals surface area contributed by atoms with E-state index in [4.69, 9.17) is 5.73 Å². The normalized spacial score (nSPS) is 11.0. The number of fused-ring (bicyclic) bond motifs is 1. The third kappa shape index (κ3) is 2.60. The first-order valence-corrected chi connectivity index (χ1v) is 6.94. The molecular formula is C16H19N5. The molecule has 0 saturated heterocycles. The molecule has 0 atom stereocenters. The molecule has 2 N–H and O–H groups in total. The average molecular weight is 281 g/mol. The molecule has 0 fully saturated rings. The highest BCUT2D eigenvalue weighted by atomic mass is 15.2. The maximum Gasteiger partial charge on any atom is 0.156 e. The molecule has 0 amide bonds. The second-order valence-corrected chi connectivity index (χ2v) is 5.24. The highest BCUT2D eigenvalue weighted by molar-refractivity contribution is 5.86. The van der Waals surface area contributed by atoms with Crippen LogP contribution < -0.4 is 10.6 Å². The smallest absolute Gasteiger partial charge is 0.156 e. The van der Waals surface area contributed by atoms with Gasteiger partial charge in [-0.25, -0.2) is 9.97 Å². The van der Waals surface area contributed by atoms with E-state index in [1.807, 2.05) is 49.4 Å². The van der Waals surface area contributed by atoms with Crippen molar-refractivity contribution in [3.05, 3.63) is 54.0 Å². The van der Waals surface area contributed by atoms with E-state index in [1.54, 1.807) is 0 Å². The van der Waals surface area contributed by atoms with Gasteiger partial charge in [-0.05, 0) is 17.2 Å². The summed E-state index contributed by atoms with van der Waals surface area (Å²) in [6.07, 6.45) is 3.64. The molecule has 0 radical (unpaired) electrons. The fourth-order valence-corrected chi connectivity index (χ4v) is 2.53. The summed E-state index contributed by atoms with van der Waals surface area (Å²) in [5.41, 5.74) is 10.1. The van der Waals surface area contributed by atoms with E-state index in [0.717, 1.165) is 29.0 Å². The highest BCUT2D eigenvalue weighted by Gasteiger charge is 2.11. The topological polar surface area (TPSA) is 60.0 Å². The standard InChI is InChI=1S/C16H19N5/c1-20(10-13-5-3-4-12(8-13)9-17)16-15-14(6-7-18-16)21(2)11-19-15/h3-8,11H,9-10,17H2,1-2H3. The highest BCUT2D eigenvalue weighted by Crippen LogP contribution is 2.23. The Bertz CT molecular complexity index is 762. The summed E-state index contributed by atoms with van der Waals surface area (Å²) < 4.78 is 2.00. The number of anilines is 1. The zero-order chi connectivity index (χ0) is 14.8. The molecule has 3 rings (SSSR count). The second-order valence-electron chi connectivity index (χ2n) is 5.24. The summed E-state index contributed by atoms with van der Waals surface area (Å²) in [5, 5.41) is 0. The van der Waals surface area contributed by atoms with E-state index in [1.165, 1.54) is 5.56 Å². The fourth-order valence-electron chi connectivity index (χ4n) is 2.53. The van der Waals surface area contributed by atoms with Crippen LogP contribution in [0.25, 0.3) is 11.0 Å². The van der Waals surface area contributed by atoms with E-state index >= 15 is 0 Å². The molecule has 0 aliphatic heterocycles. The Labute approximate surface area is 124 Å². The number of aromatic nitrogens is 3. The van der Waals surface area contributed by atoms with Gasteiger partial charge < -0.3 is 15.2 Å². The number of nitrogens with zero attached hydrogens (tertiary/aromatic N) is 4. The van der Waals surface area contributed by atoms with Crippen LogP contribution in [-0.4, -0.2) is 21.6 Å². The molecule has 0 unspecified atom stereocenters. The Morgan fingerprint density at radius 3 is 2.81 bits per heavy atom. The molecule has 0 aliphatic rings. The maximum absolute atomic E-state index is 5.70. The van der Waals surface area contributed by atoms with Crippen LogP contribution in [0.5, 0.6) is 0 Å². The Balaban J connectivity index is 1.91. The van der Waals surface area contributed by atoms with Crippen molar-refractivity contribution in [1.29, 1.82) is 0 Å². The number of hydrogen-bond donors (Lipinski definition) is 1. The summed E-state index contributed by atoms with van der Waals surface area (Å²) >= 11 is 0. The van der Waals surface area contributed by atoms with Gasteiger partial charge in [0.05, 0.1) is 11.8 Å². The lowest BCUT2D eigenvalue weighted by atomic mass is 10.1. The molecule has 5 nitrogen and oxygen atoms in total. The number of pyridine rings is 1. The van der Waals surface area contributed by atoms with Crippen molar-refractivity contribution in [2.24, 2.45) is 12.8 Å². The first-order valence-electron chi connectivity index (χ1n) is 6.94. The zero-order valence-corrected chi connectivity index (χ0v) is 12.3. The molecule has 1 aromatic carbocycles. The van der Waals surface area contributed by atoms with Crippen molar-refractivity contribution in [1.82, 2.24) is 14.5 Å². The van der Waals surface area contributed by atoms with Gasteiger partial charge in [-0.1, -0.05) is 24.3 Å². The van der Waals surface area contributed by atoms with Crippen LogP contribution in [0, 0.1) is 0 Å². The van der Waals surface area contributed by atoms with Crippen molar-refractivity contribution >= 4 is 16.9 Å².